The molecule has 0 N–H and O–H groups in total. The van der Waals surface area contributed by atoms with Crippen molar-refractivity contribution in [3.63, 3.8) is 0 Å². The number of benzene rings is 1. The van der Waals surface area contributed by atoms with E-state index in [1.54, 1.807) is 19.2 Å². The summed E-state index contributed by atoms with van der Waals surface area (Å²) >= 11 is 7.20. The molecule has 0 atom stereocenters. The van der Waals surface area contributed by atoms with Gasteiger partial charge in [0.15, 0.2) is 5.13 Å². The quantitative estimate of drug-likeness (QED) is 0.679. The Hall–Kier alpha value is -1.98. The van der Waals surface area contributed by atoms with Gasteiger partial charge in [-0.15, -0.1) is 0 Å². The van der Waals surface area contributed by atoms with E-state index in [0.717, 1.165) is 10.2 Å². The largest absolute Gasteiger partial charge is 0.287 e. The first-order valence-electron chi connectivity index (χ1n) is 5.90. The highest BCUT2D eigenvalue weighted by atomic mass is 35.5. The van der Waals surface area contributed by atoms with Crippen LogP contribution in [0, 0.1) is 0 Å². The van der Waals surface area contributed by atoms with Gasteiger partial charge in [0.05, 0.1) is 15.8 Å². The van der Waals surface area contributed by atoms with Gasteiger partial charge in [-0.2, -0.15) is 0 Å². The van der Waals surface area contributed by atoms with Crippen LogP contribution in [0.5, 0.6) is 0 Å². The number of amides is 1. The predicted octanol–water partition coefficient (Wildman–Crippen LogP) is 3.62. The highest BCUT2D eigenvalue weighted by Crippen LogP contribution is 2.28. The van der Waals surface area contributed by atoms with E-state index >= 15 is 0 Å². The topological polar surface area (TPSA) is 46.1 Å². The normalized spacial score (nSPS) is 10.7. The molecule has 100 valence electrons. The molecule has 1 aromatic carbocycles. The molecule has 3 aromatic rings. The van der Waals surface area contributed by atoms with Crippen LogP contribution in [-0.2, 0) is 0 Å². The lowest BCUT2D eigenvalue weighted by Crippen LogP contribution is -2.26. The Labute approximate surface area is 124 Å². The molecule has 1 amide bonds. The Morgan fingerprint density at radius 2 is 2.05 bits per heavy atom. The van der Waals surface area contributed by atoms with Crippen LogP contribution in [0.25, 0.3) is 10.2 Å². The van der Waals surface area contributed by atoms with Crippen LogP contribution in [0.15, 0.2) is 42.6 Å². The summed E-state index contributed by atoms with van der Waals surface area (Å²) < 4.78 is 1.05. The Bertz CT molecular complexity index is 736. The second-order valence-electron chi connectivity index (χ2n) is 4.20. The minimum atomic E-state index is -0.159. The van der Waals surface area contributed by atoms with E-state index in [1.807, 2.05) is 24.3 Å². The third-order valence-electron chi connectivity index (χ3n) is 2.85. The minimum absolute atomic E-state index is 0.159. The molecule has 2 heterocycles. The summed E-state index contributed by atoms with van der Waals surface area (Å²) in [7, 11) is 1.70. The number of thiazole rings is 1. The van der Waals surface area contributed by atoms with E-state index in [2.05, 4.69) is 9.97 Å². The van der Waals surface area contributed by atoms with E-state index in [4.69, 9.17) is 11.6 Å². The smallest absolute Gasteiger partial charge is 0.261 e. The van der Waals surface area contributed by atoms with Crippen LogP contribution >= 0.6 is 22.9 Å². The summed E-state index contributed by atoms with van der Waals surface area (Å²) in [5, 5.41) is 1.02. The number of rotatable bonds is 2. The summed E-state index contributed by atoms with van der Waals surface area (Å²) in [5.74, 6) is -0.159. The Balaban J connectivity index is 1.93. The molecular formula is C14H10ClN3OS. The second kappa shape index (κ2) is 5.19. The second-order valence-corrected chi connectivity index (χ2v) is 5.59. The lowest BCUT2D eigenvalue weighted by Gasteiger charge is -2.13. The number of aromatic nitrogens is 2. The third kappa shape index (κ3) is 2.37. The summed E-state index contributed by atoms with van der Waals surface area (Å²) in [4.78, 5) is 22.2. The van der Waals surface area contributed by atoms with Gasteiger partial charge in [0.1, 0.15) is 5.15 Å². The number of carbonyl (C=O) groups excluding carboxylic acids is 1. The summed E-state index contributed by atoms with van der Waals surface area (Å²) in [5.41, 5.74) is 1.37. The van der Waals surface area contributed by atoms with E-state index in [9.17, 15) is 4.79 Å². The average Bonchev–Trinajstić information content (AvgIpc) is 2.90. The fourth-order valence-electron chi connectivity index (χ4n) is 1.79. The van der Waals surface area contributed by atoms with Gasteiger partial charge >= 0.3 is 0 Å². The molecule has 0 aliphatic carbocycles. The first-order valence-corrected chi connectivity index (χ1v) is 7.10. The van der Waals surface area contributed by atoms with Gasteiger partial charge < -0.3 is 0 Å². The fraction of sp³-hybridized carbons (Fsp3) is 0.0714. The van der Waals surface area contributed by atoms with Crippen molar-refractivity contribution in [3.8, 4) is 0 Å². The summed E-state index contributed by atoms with van der Waals surface area (Å²) in [6, 6.07) is 11.0. The first-order chi connectivity index (χ1) is 9.65. The zero-order chi connectivity index (χ0) is 14.1. The van der Waals surface area contributed by atoms with Crippen molar-refractivity contribution in [1.82, 2.24) is 9.97 Å². The molecule has 6 heteroatoms. The van der Waals surface area contributed by atoms with Gasteiger partial charge in [0, 0.05) is 13.2 Å². The number of fused-ring (bicyclic) bond motifs is 1. The molecule has 0 aliphatic heterocycles. The van der Waals surface area contributed by atoms with Crippen LogP contribution in [0.3, 0.4) is 0 Å². The lowest BCUT2D eigenvalue weighted by atomic mass is 10.2. The SMILES string of the molecule is CN(C(=O)c1ccc(Cl)nc1)c1nc2ccccc2s1. The van der Waals surface area contributed by atoms with Gasteiger partial charge in [-0.3, -0.25) is 9.69 Å². The fourth-order valence-corrected chi connectivity index (χ4v) is 2.82. The maximum absolute atomic E-state index is 12.3. The zero-order valence-corrected chi connectivity index (χ0v) is 12.1. The Morgan fingerprint density at radius 3 is 2.75 bits per heavy atom. The third-order valence-corrected chi connectivity index (χ3v) is 4.18. The molecule has 0 fully saturated rings. The molecule has 4 nitrogen and oxygen atoms in total. The number of pyridine rings is 1. The number of carbonyl (C=O) groups is 1. The lowest BCUT2D eigenvalue weighted by molar-refractivity contribution is 0.0992. The van der Waals surface area contributed by atoms with Crippen LogP contribution in [0.2, 0.25) is 5.15 Å². The Kier molecular flexibility index (Phi) is 3.38. The van der Waals surface area contributed by atoms with E-state index in [-0.39, 0.29) is 5.91 Å². The number of hydrogen-bond donors (Lipinski definition) is 0. The maximum atomic E-state index is 12.3. The zero-order valence-electron chi connectivity index (χ0n) is 10.6. The molecule has 0 spiro atoms. The molecule has 0 saturated carbocycles. The molecule has 0 radical (unpaired) electrons. The highest BCUT2D eigenvalue weighted by Gasteiger charge is 2.17. The average molecular weight is 304 g/mol. The number of para-hydroxylation sites is 1. The van der Waals surface area contributed by atoms with Crippen molar-refractivity contribution < 1.29 is 4.79 Å². The van der Waals surface area contributed by atoms with Gasteiger partial charge in [-0.1, -0.05) is 35.1 Å². The summed E-state index contributed by atoms with van der Waals surface area (Å²) in [6.45, 7) is 0. The predicted molar refractivity (Wildman–Crippen MR) is 81.6 cm³/mol. The number of anilines is 1. The van der Waals surface area contributed by atoms with Crippen molar-refractivity contribution in [2.24, 2.45) is 0 Å². The van der Waals surface area contributed by atoms with E-state index in [1.165, 1.54) is 22.4 Å². The summed E-state index contributed by atoms with van der Waals surface area (Å²) in [6.07, 6.45) is 1.47. The monoisotopic (exact) mass is 303 g/mol. The van der Waals surface area contributed by atoms with Gasteiger partial charge in [0.25, 0.3) is 5.91 Å². The molecule has 0 saturated heterocycles. The molecule has 3 rings (SSSR count). The highest BCUT2D eigenvalue weighted by molar-refractivity contribution is 7.22. The van der Waals surface area contributed by atoms with Crippen LogP contribution in [-0.4, -0.2) is 22.9 Å². The molecule has 2 aromatic heterocycles. The number of nitrogens with zero attached hydrogens (tertiary/aromatic N) is 3. The maximum Gasteiger partial charge on any atom is 0.261 e. The Morgan fingerprint density at radius 1 is 1.25 bits per heavy atom. The number of hydrogen-bond acceptors (Lipinski definition) is 4. The first kappa shape index (κ1) is 13.0. The van der Waals surface area contributed by atoms with Crippen LogP contribution < -0.4 is 4.90 Å². The standard InChI is InChI=1S/C14H10ClN3OS/c1-18(13(19)9-6-7-12(15)16-8-9)14-17-10-4-2-3-5-11(10)20-14/h2-8H,1H3. The van der Waals surface area contributed by atoms with Gasteiger partial charge in [-0.25, -0.2) is 9.97 Å². The molecule has 20 heavy (non-hydrogen) atoms. The van der Waals surface area contributed by atoms with Crippen molar-refractivity contribution >= 4 is 44.2 Å². The van der Waals surface area contributed by atoms with Gasteiger partial charge in [-0.05, 0) is 24.3 Å². The molecule has 0 unspecified atom stereocenters. The van der Waals surface area contributed by atoms with E-state index in [0.29, 0.717) is 15.8 Å². The van der Waals surface area contributed by atoms with Crippen molar-refractivity contribution in [2.75, 3.05) is 11.9 Å². The van der Waals surface area contributed by atoms with Crippen molar-refractivity contribution in [1.29, 1.82) is 0 Å². The molecular weight excluding hydrogens is 294 g/mol. The minimum Gasteiger partial charge on any atom is -0.287 e. The molecule has 0 aliphatic rings. The molecule has 0 bridgehead atoms. The van der Waals surface area contributed by atoms with Crippen molar-refractivity contribution in [2.45, 2.75) is 0 Å². The van der Waals surface area contributed by atoms with Crippen molar-refractivity contribution in [3.05, 3.63) is 53.3 Å². The van der Waals surface area contributed by atoms with E-state index < -0.39 is 0 Å². The van der Waals surface area contributed by atoms with Crippen LogP contribution in [0.1, 0.15) is 10.4 Å². The van der Waals surface area contributed by atoms with Crippen LogP contribution in [0.4, 0.5) is 5.13 Å². The number of halogens is 1. The van der Waals surface area contributed by atoms with Gasteiger partial charge in [0.2, 0.25) is 0 Å².